The number of benzene rings is 1. The average molecular weight is 348 g/mol. The number of hydrogen-bond acceptors (Lipinski definition) is 5. The fourth-order valence-electron chi connectivity index (χ4n) is 4.18. The van der Waals surface area contributed by atoms with Gasteiger partial charge in [-0.1, -0.05) is 6.07 Å². The van der Waals surface area contributed by atoms with E-state index in [1.807, 2.05) is 12.1 Å². The number of morpholine rings is 1. The maximum atomic E-state index is 5.88. The Hall–Kier alpha value is -1.30. The van der Waals surface area contributed by atoms with Crippen LogP contribution < -0.4 is 9.47 Å². The number of piperidine rings is 1. The van der Waals surface area contributed by atoms with Crippen molar-refractivity contribution in [3.8, 4) is 11.5 Å². The summed E-state index contributed by atoms with van der Waals surface area (Å²) in [6, 6.07) is 6.80. The normalized spacial score (nSPS) is 26.6. The van der Waals surface area contributed by atoms with Crippen LogP contribution in [0.25, 0.3) is 0 Å². The van der Waals surface area contributed by atoms with Crippen molar-refractivity contribution < 1.29 is 14.2 Å². The third-order valence-electron chi connectivity index (χ3n) is 5.41. The summed E-state index contributed by atoms with van der Waals surface area (Å²) in [6.45, 7) is 9.74. The van der Waals surface area contributed by atoms with Crippen molar-refractivity contribution in [3.63, 3.8) is 0 Å². The molecule has 2 fully saturated rings. The van der Waals surface area contributed by atoms with Gasteiger partial charge >= 0.3 is 0 Å². The highest BCUT2D eigenvalue weighted by Gasteiger charge is 2.30. The molecule has 2 aliphatic heterocycles. The van der Waals surface area contributed by atoms with E-state index in [1.165, 1.54) is 18.4 Å². The minimum Gasteiger partial charge on any atom is -0.497 e. The molecule has 0 aliphatic carbocycles. The smallest absolute Gasteiger partial charge is 0.127 e. The van der Waals surface area contributed by atoms with Gasteiger partial charge in [0.1, 0.15) is 11.5 Å². The van der Waals surface area contributed by atoms with E-state index >= 15 is 0 Å². The largest absolute Gasteiger partial charge is 0.497 e. The summed E-state index contributed by atoms with van der Waals surface area (Å²) >= 11 is 0. The van der Waals surface area contributed by atoms with E-state index < -0.39 is 0 Å². The van der Waals surface area contributed by atoms with Gasteiger partial charge in [0, 0.05) is 37.3 Å². The number of likely N-dealkylation sites (tertiary alicyclic amines) is 1. The van der Waals surface area contributed by atoms with Crippen LogP contribution in [0.1, 0.15) is 32.3 Å². The zero-order chi connectivity index (χ0) is 17.8. The van der Waals surface area contributed by atoms with Crippen LogP contribution in [0, 0.1) is 0 Å². The Morgan fingerprint density at radius 3 is 2.32 bits per heavy atom. The average Bonchev–Trinajstić information content (AvgIpc) is 2.62. The summed E-state index contributed by atoms with van der Waals surface area (Å²) < 4.78 is 16.7. The van der Waals surface area contributed by atoms with Crippen molar-refractivity contribution in [1.82, 2.24) is 9.80 Å². The van der Waals surface area contributed by atoms with Crippen LogP contribution in [0.5, 0.6) is 11.5 Å². The Morgan fingerprint density at radius 2 is 1.72 bits per heavy atom. The first-order valence-electron chi connectivity index (χ1n) is 9.41. The van der Waals surface area contributed by atoms with E-state index in [1.54, 1.807) is 14.2 Å². The van der Waals surface area contributed by atoms with Gasteiger partial charge in [0.25, 0.3) is 0 Å². The third-order valence-corrected chi connectivity index (χ3v) is 5.41. The van der Waals surface area contributed by atoms with Gasteiger partial charge in [0.15, 0.2) is 0 Å². The lowest BCUT2D eigenvalue weighted by Crippen LogP contribution is -2.53. The van der Waals surface area contributed by atoms with Crippen molar-refractivity contribution in [2.75, 3.05) is 40.4 Å². The SMILES string of the molecule is COc1ccc(CN2CCC(N3C[C@H](C)O[C@@H](C)C3)CC2)c(OC)c1. The highest BCUT2D eigenvalue weighted by Crippen LogP contribution is 2.28. The lowest BCUT2D eigenvalue weighted by atomic mass is 10.0. The first kappa shape index (κ1) is 18.5. The molecule has 0 unspecified atom stereocenters. The zero-order valence-corrected chi connectivity index (χ0v) is 16.0. The van der Waals surface area contributed by atoms with E-state index in [0.29, 0.717) is 18.2 Å². The van der Waals surface area contributed by atoms with Gasteiger partial charge in [-0.15, -0.1) is 0 Å². The van der Waals surface area contributed by atoms with E-state index in [0.717, 1.165) is 44.2 Å². The zero-order valence-electron chi connectivity index (χ0n) is 16.0. The molecule has 0 aromatic heterocycles. The quantitative estimate of drug-likeness (QED) is 0.817. The van der Waals surface area contributed by atoms with E-state index in [-0.39, 0.29) is 0 Å². The maximum Gasteiger partial charge on any atom is 0.127 e. The van der Waals surface area contributed by atoms with Crippen LogP contribution in [0.15, 0.2) is 18.2 Å². The molecule has 0 radical (unpaired) electrons. The Kier molecular flexibility index (Phi) is 6.20. The molecule has 2 aliphatic rings. The van der Waals surface area contributed by atoms with Crippen molar-refractivity contribution in [1.29, 1.82) is 0 Å². The first-order valence-corrected chi connectivity index (χ1v) is 9.41. The third kappa shape index (κ3) is 4.66. The van der Waals surface area contributed by atoms with Crippen LogP contribution in [0.2, 0.25) is 0 Å². The minimum atomic E-state index is 0.352. The molecule has 140 valence electrons. The number of ether oxygens (including phenoxy) is 3. The van der Waals surface area contributed by atoms with Crippen LogP contribution >= 0.6 is 0 Å². The monoisotopic (exact) mass is 348 g/mol. The second-order valence-corrected chi connectivity index (χ2v) is 7.40. The molecular formula is C20H32N2O3. The summed E-state index contributed by atoms with van der Waals surface area (Å²) in [6.07, 6.45) is 3.17. The fourth-order valence-corrected chi connectivity index (χ4v) is 4.18. The van der Waals surface area contributed by atoms with Crippen molar-refractivity contribution in [2.24, 2.45) is 0 Å². The van der Waals surface area contributed by atoms with Gasteiger partial charge < -0.3 is 14.2 Å². The Morgan fingerprint density at radius 1 is 1.04 bits per heavy atom. The summed E-state index contributed by atoms with van der Waals surface area (Å²) in [7, 11) is 3.41. The molecule has 2 saturated heterocycles. The lowest BCUT2D eigenvalue weighted by Gasteiger charge is -2.43. The number of hydrogen-bond donors (Lipinski definition) is 0. The van der Waals surface area contributed by atoms with Crippen molar-refractivity contribution >= 4 is 0 Å². The summed E-state index contributed by atoms with van der Waals surface area (Å²) in [5, 5.41) is 0. The van der Waals surface area contributed by atoms with Gasteiger partial charge in [-0.05, 0) is 45.8 Å². The Labute approximate surface area is 151 Å². The summed E-state index contributed by atoms with van der Waals surface area (Å²) in [5.74, 6) is 1.76. The highest BCUT2D eigenvalue weighted by atomic mass is 16.5. The van der Waals surface area contributed by atoms with Crippen molar-refractivity contribution in [3.05, 3.63) is 23.8 Å². The molecule has 0 N–H and O–H groups in total. The molecular weight excluding hydrogens is 316 g/mol. The maximum absolute atomic E-state index is 5.88. The predicted molar refractivity (Wildman–Crippen MR) is 99.4 cm³/mol. The molecule has 2 atom stereocenters. The second kappa shape index (κ2) is 8.39. The van der Waals surface area contributed by atoms with Gasteiger partial charge in [0.05, 0.1) is 26.4 Å². The van der Waals surface area contributed by atoms with Crippen LogP contribution in [-0.2, 0) is 11.3 Å². The highest BCUT2D eigenvalue weighted by molar-refractivity contribution is 5.40. The number of methoxy groups -OCH3 is 2. The predicted octanol–water partition coefficient (Wildman–Crippen LogP) is 2.78. The van der Waals surface area contributed by atoms with Crippen LogP contribution in [-0.4, -0.2) is 68.4 Å². The van der Waals surface area contributed by atoms with Gasteiger partial charge in [0.2, 0.25) is 0 Å². The van der Waals surface area contributed by atoms with Gasteiger partial charge in [-0.3, -0.25) is 9.80 Å². The van der Waals surface area contributed by atoms with Crippen molar-refractivity contribution in [2.45, 2.75) is 51.5 Å². The number of rotatable bonds is 5. The number of nitrogens with zero attached hydrogens (tertiary/aromatic N) is 2. The fraction of sp³-hybridized carbons (Fsp3) is 0.700. The lowest BCUT2D eigenvalue weighted by molar-refractivity contribution is -0.0865. The first-order chi connectivity index (χ1) is 12.1. The minimum absolute atomic E-state index is 0.352. The van der Waals surface area contributed by atoms with Crippen LogP contribution in [0.4, 0.5) is 0 Å². The molecule has 0 amide bonds. The van der Waals surface area contributed by atoms with Gasteiger partial charge in [-0.2, -0.15) is 0 Å². The van der Waals surface area contributed by atoms with Gasteiger partial charge in [-0.25, -0.2) is 0 Å². The topological polar surface area (TPSA) is 34.2 Å². The Bertz CT molecular complexity index is 548. The molecule has 2 heterocycles. The molecule has 1 aromatic rings. The van der Waals surface area contributed by atoms with E-state index in [4.69, 9.17) is 14.2 Å². The van der Waals surface area contributed by atoms with Crippen LogP contribution in [0.3, 0.4) is 0 Å². The molecule has 0 spiro atoms. The molecule has 3 rings (SSSR count). The molecule has 0 bridgehead atoms. The van der Waals surface area contributed by atoms with E-state index in [9.17, 15) is 0 Å². The van der Waals surface area contributed by atoms with E-state index in [2.05, 4.69) is 29.7 Å². The summed E-state index contributed by atoms with van der Waals surface area (Å²) in [4.78, 5) is 5.18. The molecule has 25 heavy (non-hydrogen) atoms. The standard InChI is InChI=1S/C20H32N2O3/c1-15-12-22(13-16(2)25-15)18-7-9-21(10-8-18)14-17-5-6-19(23-3)11-20(17)24-4/h5-6,11,15-16,18H,7-10,12-14H2,1-4H3/t15-,16-/m0/s1. The molecule has 1 aromatic carbocycles. The Balaban J connectivity index is 1.54. The molecule has 0 saturated carbocycles. The second-order valence-electron chi connectivity index (χ2n) is 7.40. The summed E-state index contributed by atoms with van der Waals surface area (Å²) in [5.41, 5.74) is 1.23. The molecule has 5 heteroatoms. The molecule has 5 nitrogen and oxygen atoms in total.